The Bertz CT molecular complexity index is 1280. The summed E-state index contributed by atoms with van der Waals surface area (Å²) in [6.07, 6.45) is -1.43. The number of fused-ring (bicyclic) bond motifs is 2. The van der Waals surface area contributed by atoms with E-state index in [-0.39, 0.29) is 51.7 Å². The van der Waals surface area contributed by atoms with E-state index in [4.69, 9.17) is 13.9 Å². The lowest BCUT2D eigenvalue weighted by Gasteiger charge is -2.25. The Morgan fingerprint density at radius 2 is 1.59 bits per heavy atom. The molecule has 1 N–H and O–H groups in total. The highest BCUT2D eigenvalue weighted by Gasteiger charge is 2.38. The molecule has 1 aliphatic carbocycles. The number of furan rings is 1. The van der Waals surface area contributed by atoms with Gasteiger partial charge in [-0.2, -0.15) is 0 Å². The quantitative estimate of drug-likeness (QED) is 0.309. The number of halogens is 1. The van der Waals surface area contributed by atoms with Gasteiger partial charge in [0.2, 0.25) is 0 Å². The molecule has 0 fully saturated rings. The third kappa shape index (κ3) is 3.28. The molecule has 4 rings (SSSR count). The Kier molecular flexibility index (Phi) is 5.57. The number of nitrogens with zero attached hydrogens (tertiary/aromatic N) is 1. The van der Waals surface area contributed by atoms with Crippen LogP contribution in [0.1, 0.15) is 49.3 Å². The molecule has 0 amide bonds. The van der Waals surface area contributed by atoms with Crippen LogP contribution in [0.2, 0.25) is 0 Å². The normalized spacial score (nSPS) is 13.4. The van der Waals surface area contributed by atoms with Crippen LogP contribution in [0.25, 0.3) is 0 Å². The predicted octanol–water partition coefficient (Wildman–Crippen LogP) is 4.02. The Labute approximate surface area is 189 Å². The molecule has 0 bridgehead atoms. The molecule has 1 unspecified atom stereocenters. The number of benzene rings is 2. The van der Waals surface area contributed by atoms with E-state index in [1.54, 1.807) is 24.3 Å². The second-order valence-corrected chi connectivity index (χ2v) is 7.76. The molecule has 32 heavy (non-hydrogen) atoms. The first kappa shape index (κ1) is 21.7. The Morgan fingerprint density at radius 3 is 2.09 bits per heavy atom. The van der Waals surface area contributed by atoms with Crippen molar-refractivity contribution in [1.29, 1.82) is 0 Å². The molecule has 0 saturated heterocycles. The average molecular weight is 502 g/mol. The van der Waals surface area contributed by atoms with Crippen LogP contribution in [0, 0.1) is 10.1 Å². The second-order valence-electron chi connectivity index (χ2n) is 6.97. The number of ether oxygens (including phenoxy) is 2. The monoisotopic (exact) mass is 501 g/mol. The minimum absolute atomic E-state index is 0.0314. The molecule has 1 heterocycles. The predicted molar refractivity (Wildman–Crippen MR) is 115 cm³/mol. The zero-order chi connectivity index (χ0) is 23.2. The standard InChI is InChI=1S/C22H16BrNO8/c1-30-21-12(9-13(25)14-7-8-15(32-14)24(28)29)18(23)22(31-2)17-16(21)19(26)10-5-3-4-6-11(10)20(17)27/h3-8,13,25H,9H2,1-2H3. The highest BCUT2D eigenvalue weighted by atomic mass is 79.9. The number of ketones is 2. The van der Waals surface area contributed by atoms with Gasteiger partial charge in [0.1, 0.15) is 28.3 Å². The van der Waals surface area contributed by atoms with Crippen molar-refractivity contribution in [3.63, 3.8) is 0 Å². The van der Waals surface area contributed by atoms with Crippen LogP contribution in [0.5, 0.6) is 11.5 Å². The molecule has 3 aromatic rings. The zero-order valence-corrected chi connectivity index (χ0v) is 18.5. The van der Waals surface area contributed by atoms with Gasteiger partial charge >= 0.3 is 5.88 Å². The molecule has 1 aromatic heterocycles. The van der Waals surface area contributed by atoms with E-state index in [0.717, 1.165) is 6.07 Å². The number of carbonyl (C=O) groups is 2. The van der Waals surface area contributed by atoms with E-state index in [1.807, 2.05) is 0 Å². The van der Waals surface area contributed by atoms with Gasteiger partial charge in [0.25, 0.3) is 0 Å². The van der Waals surface area contributed by atoms with Gasteiger partial charge < -0.3 is 19.0 Å². The molecular formula is C22H16BrNO8. The van der Waals surface area contributed by atoms with E-state index >= 15 is 0 Å². The third-order valence-corrected chi connectivity index (χ3v) is 6.08. The summed E-state index contributed by atoms with van der Waals surface area (Å²) in [5.41, 5.74) is 0.930. The van der Waals surface area contributed by atoms with Crippen molar-refractivity contribution in [2.75, 3.05) is 14.2 Å². The minimum atomic E-state index is -1.29. The second kappa shape index (κ2) is 8.21. The summed E-state index contributed by atoms with van der Waals surface area (Å²) in [6.45, 7) is 0. The SMILES string of the molecule is COc1c(Br)c(CC(O)c2ccc([N+](=O)[O-])o2)c(OC)c2c1C(=O)c1ccccc1C2=O. The zero-order valence-electron chi connectivity index (χ0n) is 16.9. The van der Waals surface area contributed by atoms with E-state index in [2.05, 4.69) is 15.9 Å². The lowest BCUT2D eigenvalue weighted by atomic mass is 9.81. The van der Waals surface area contributed by atoms with Crippen molar-refractivity contribution in [1.82, 2.24) is 0 Å². The van der Waals surface area contributed by atoms with Gasteiger partial charge in [0.05, 0.1) is 35.9 Å². The van der Waals surface area contributed by atoms with Crippen LogP contribution in [0.15, 0.2) is 45.3 Å². The maximum atomic E-state index is 13.3. The number of hydrogen-bond donors (Lipinski definition) is 1. The van der Waals surface area contributed by atoms with Crippen LogP contribution in [0.4, 0.5) is 5.88 Å². The topological polar surface area (TPSA) is 129 Å². The number of methoxy groups -OCH3 is 2. The molecule has 1 atom stereocenters. The van der Waals surface area contributed by atoms with Crippen molar-refractivity contribution in [2.24, 2.45) is 0 Å². The van der Waals surface area contributed by atoms with Gasteiger partial charge in [0.15, 0.2) is 11.6 Å². The van der Waals surface area contributed by atoms with Crippen molar-refractivity contribution in [3.8, 4) is 11.5 Å². The van der Waals surface area contributed by atoms with E-state index in [1.165, 1.54) is 20.3 Å². The maximum absolute atomic E-state index is 13.3. The van der Waals surface area contributed by atoms with Gasteiger partial charge in [-0.3, -0.25) is 19.7 Å². The first-order valence-corrected chi connectivity index (χ1v) is 10.2. The summed E-state index contributed by atoms with van der Waals surface area (Å²) >= 11 is 3.41. The average Bonchev–Trinajstić information content (AvgIpc) is 3.29. The van der Waals surface area contributed by atoms with E-state index < -0.39 is 22.7 Å². The molecule has 0 saturated carbocycles. The Balaban J connectivity index is 1.88. The first-order chi connectivity index (χ1) is 15.3. The molecule has 9 nitrogen and oxygen atoms in total. The van der Waals surface area contributed by atoms with Crippen LogP contribution in [0.3, 0.4) is 0 Å². The minimum Gasteiger partial charge on any atom is -0.496 e. The summed E-state index contributed by atoms with van der Waals surface area (Å²) in [5.74, 6) is -1.12. The molecule has 0 radical (unpaired) electrons. The molecule has 0 spiro atoms. The summed E-state index contributed by atoms with van der Waals surface area (Å²) < 4.78 is 16.4. The number of nitro groups is 1. The van der Waals surface area contributed by atoms with Gasteiger partial charge in [-0.25, -0.2) is 0 Å². The molecule has 2 aromatic carbocycles. The molecule has 0 aliphatic heterocycles. The Morgan fingerprint density at radius 1 is 1.03 bits per heavy atom. The summed E-state index contributed by atoms with van der Waals surface area (Å²) in [4.78, 5) is 36.7. The number of carbonyl (C=O) groups excluding carboxylic acids is 2. The van der Waals surface area contributed by atoms with Crippen molar-refractivity contribution >= 4 is 33.4 Å². The van der Waals surface area contributed by atoms with Crippen LogP contribution in [-0.4, -0.2) is 35.8 Å². The molecular weight excluding hydrogens is 486 g/mol. The van der Waals surface area contributed by atoms with Crippen LogP contribution < -0.4 is 9.47 Å². The highest BCUT2D eigenvalue weighted by molar-refractivity contribution is 9.10. The summed E-state index contributed by atoms with van der Waals surface area (Å²) in [5, 5.41) is 21.5. The van der Waals surface area contributed by atoms with Crippen LogP contribution in [-0.2, 0) is 6.42 Å². The molecule has 10 heteroatoms. The lowest BCUT2D eigenvalue weighted by Crippen LogP contribution is -2.24. The van der Waals surface area contributed by atoms with Gasteiger partial charge in [-0.1, -0.05) is 24.3 Å². The fraction of sp³-hybridized carbons (Fsp3) is 0.182. The maximum Gasteiger partial charge on any atom is 0.433 e. The largest absolute Gasteiger partial charge is 0.496 e. The summed E-state index contributed by atoms with van der Waals surface area (Å²) in [6, 6.07) is 8.89. The van der Waals surface area contributed by atoms with Gasteiger partial charge in [-0.15, -0.1) is 0 Å². The fourth-order valence-corrected chi connectivity index (χ4v) is 4.52. The fourth-order valence-electron chi connectivity index (χ4n) is 3.82. The van der Waals surface area contributed by atoms with Gasteiger partial charge in [0, 0.05) is 23.1 Å². The number of rotatable bonds is 6. The van der Waals surface area contributed by atoms with Crippen LogP contribution >= 0.6 is 15.9 Å². The summed E-state index contributed by atoms with van der Waals surface area (Å²) in [7, 11) is 2.71. The van der Waals surface area contributed by atoms with Crippen molar-refractivity contribution in [3.05, 3.63) is 84.6 Å². The first-order valence-electron chi connectivity index (χ1n) is 9.37. The molecule has 164 valence electrons. The number of aliphatic hydroxyl groups is 1. The Hall–Kier alpha value is -3.50. The third-order valence-electron chi connectivity index (χ3n) is 5.24. The lowest BCUT2D eigenvalue weighted by molar-refractivity contribution is -0.402. The van der Waals surface area contributed by atoms with E-state index in [9.17, 15) is 24.8 Å². The number of hydrogen-bond acceptors (Lipinski definition) is 8. The van der Waals surface area contributed by atoms with Crippen molar-refractivity contribution < 1.29 is 33.5 Å². The molecule has 1 aliphatic rings. The van der Waals surface area contributed by atoms with E-state index in [0.29, 0.717) is 10.0 Å². The highest BCUT2D eigenvalue weighted by Crippen LogP contribution is 2.47. The smallest absolute Gasteiger partial charge is 0.433 e. The number of aliphatic hydroxyl groups excluding tert-OH is 1. The van der Waals surface area contributed by atoms with Gasteiger partial charge in [-0.05, 0) is 22.0 Å². The van der Waals surface area contributed by atoms with Crippen molar-refractivity contribution in [2.45, 2.75) is 12.5 Å².